The molecule has 0 bridgehead atoms. The lowest BCUT2D eigenvalue weighted by Crippen LogP contribution is -2.15. The first kappa shape index (κ1) is 20.7. The van der Waals surface area contributed by atoms with Gasteiger partial charge in [0, 0.05) is 23.7 Å². The summed E-state index contributed by atoms with van der Waals surface area (Å²) < 4.78 is 25.7. The average Bonchev–Trinajstić information content (AvgIpc) is 3.46. The molecule has 3 heterocycles. The minimum Gasteiger partial charge on any atom is -0.489 e. The van der Waals surface area contributed by atoms with E-state index in [1.54, 1.807) is 6.92 Å². The molecule has 0 aliphatic rings. The number of benzene rings is 1. The molecule has 10 heteroatoms. The highest BCUT2D eigenvalue weighted by Crippen LogP contribution is 2.27. The number of carbonyl (C=O) groups is 1. The molecular formula is C21H20FN5O3S. The molecule has 0 fully saturated rings. The molecule has 1 aromatic carbocycles. The third-order valence-corrected chi connectivity index (χ3v) is 5.43. The fraction of sp³-hybridized carbons (Fsp3) is 0.238. The van der Waals surface area contributed by atoms with Crippen molar-refractivity contribution in [1.82, 2.24) is 19.9 Å². The number of thiazole rings is 1. The Morgan fingerprint density at radius 1 is 1.29 bits per heavy atom. The lowest BCUT2D eigenvalue weighted by atomic mass is 10.2. The molecule has 1 amide bonds. The van der Waals surface area contributed by atoms with E-state index in [4.69, 9.17) is 9.26 Å². The monoisotopic (exact) mass is 441 g/mol. The highest BCUT2D eigenvalue weighted by atomic mass is 32.1. The summed E-state index contributed by atoms with van der Waals surface area (Å²) in [7, 11) is 0. The zero-order valence-electron chi connectivity index (χ0n) is 17.2. The predicted molar refractivity (Wildman–Crippen MR) is 114 cm³/mol. The number of hydrogen-bond acceptors (Lipinski definition) is 7. The molecular weight excluding hydrogens is 421 g/mol. The van der Waals surface area contributed by atoms with Crippen molar-refractivity contribution >= 4 is 22.4 Å². The van der Waals surface area contributed by atoms with E-state index < -0.39 is 5.91 Å². The van der Waals surface area contributed by atoms with Crippen LogP contribution in [0.4, 0.5) is 9.52 Å². The van der Waals surface area contributed by atoms with E-state index in [2.05, 4.69) is 20.6 Å². The molecule has 1 N–H and O–H groups in total. The molecule has 0 unspecified atom stereocenters. The van der Waals surface area contributed by atoms with Crippen molar-refractivity contribution in [2.45, 2.75) is 33.9 Å². The molecule has 8 nitrogen and oxygen atoms in total. The van der Waals surface area contributed by atoms with Crippen LogP contribution in [-0.4, -0.2) is 25.8 Å². The van der Waals surface area contributed by atoms with Crippen molar-refractivity contribution in [2.24, 2.45) is 0 Å². The summed E-state index contributed by atoms with van der Waals surface area (Å²) in [5.41, 5.74) is 3.17. The van der Waals surface area contributed by atoms with Gasteiger partial charge in [0.1, 0.15) is 23.9 Å². The van der Waals surface area contributed by atoms with Gasteiger partial charge in [0.2, 0.25) is 0 Å². The number of aromatic nitrogens is 4. The Morgan fingerprint density at radius 2 is 2.06 bits per heavy atom. The Balaban J connectivity index is 1.47. The minimum absolute atomic E-state index is 0.0578. The maximum Gasteiger partial charge on any atom is 0.280 e. The molecule has 0 spiro atoms. The van der Waals surface area contributed by atoms with Crippen molar-refractivity contribution in [2.75, 3.05) is 5.32 Å². The Hall–Kier alpha value is -3.53. The number of carbonyl (C=O) groups excluding carboxylic acids is 1. The lowest BCUT2D eigenvalue weighted by molar-refractivity contribution is 0.101. The summed E-state index contributed by atoms with van der Waals surface area (Å²) in [6, 6.07) is 5.63. The Bertz CT molecular complexity index is 1210. The Kier molecular flexibility index (Phi) is 5.81. The van der Waals surface area contributed by atoms with Crippen molar-refractivity contribution in [1.29, 1.82) is 0 Å². The minimum atomic E-state index is -0.448. The van der Waals surface area contributed by atoms with Crippen LogP contribution < -0.4 is 10.1 Å². The van der Waals surface area contributed by atoms with Crippen molar-refractivity contribution in [3.8, 4) is 17.0 Å². The van der Waals surface area contributed by atoms with Crippen molar-refractivity contribution in [3.05, 3.63) is 64.4 Å². The van der Waals surface area contributed by atoms with E-state index in [0.29, 0.717) is 22.2 Å². The number of nitrogens with one attached hydrogen (secondary N) is 1. The summed E-state index contributed by atoms with van der Waals surface area (Å²) >= 11 is 1.31. The van der Waals surface area contributed by atoms with Crippen LogP contribution in [0.15, 0.2) is 40.4 Å². The number of nitrogens with zero attached hydrogens (tertiary/aromatic N) is 4. The second kappa shape index (κ2) is 8.68. The maximum atomic E-state index is 13.0. The number of rotatable bonds is 7. The molecule has 0 aliphatic heterocycles. The molecule has 0 atom stereocenters. The quantitative estimate of drug-likeness (QED) is 0.450. The normalized spacial score (nSPS) is 11.0. The van der Waals surface area contributed by atoms with Gasteiger partial charge < -0.3 is 9.26 Å². The Labute approximate surface area is 181 Å². The lowest BCUT2D eigenvalue weighted by Gasteiger charge is -2.06. The van der Waals surface area contributed by atoms with Gasteiger partial charge in [-0.25, -0.2) is 9.37 Å². The zero-order chi connectivity index (χ0) is 22.0. The van der Waals surface area contributed by atoms with E-state index in [0.717, 1.165) is 23.5 Å². The second-order valence-electron chi connectivity index (χ2n) is 6.78. The SMILES string of the molecule is CCn1cc(-c2csc(NC(=O)c3noc(C)c3COc3ccc(F)cc3)n2)c(C)n1. The highest BCUT2D eigenvalue weighted by Gasteiger charge is 2.22. The molecule has 0 saturated heterocycles. The third-order valence-electron chi connectivity index (χ3n) is 4.67. The van der Waals surface area contributed by atoms with Gasteiger partial charge in [-0.3, -0.25) is 14.8 Å². The fourth-order valence-electron chi connectivity index (χ4n) is 2.97. The standard InChI is InChI=1S/C21H20FN5O3S/c1-4-27-9-16(12(2)25-27)18-11-31-21(23-18)24-20(28)19-17(13(3)30-26-19)10-29-15-7-5-14(22)6-8-15/h5-9,11H,4,10H2,1-3H3,(H,23,24,28). The van der Waals surface area contributed by atoms with Gasteiger partial charge in [-0.15, -0.1) is 11.3 Å². The van der Waals surface area contributed by atoms with Gasteiger partial charge in [-0.05, 0) is 45.0 Å². The van der Waals surface area contributed by atoms with Crippen LogP contribution >= 0.6 is 11.3 Å². The van der Waals surface area contributed by atoms with E-state index in [1.807, 2.05) is 30.1 Å². The number of ether oxygens (including phenoxy) is 1. The molecule has 4 aromatic rings. The smallest absolute Gasteiger partial charge is 0.280 e. The van der Waals surface area contributed by atoms with Crippen LogP contribution in [0.1, 0.15) is 34.4 Å². The maximum absolute atomic E-state index is 13.0. The topological polar surface area (TPSA) is 95.1 Å². The molecule has 160 valence electrons. The third kappa shape index (κ3) is 4.48. The van der Waals surface area contributed by atoms with Gasteiger partial charge in [-0.1, -0.05) is 5.16 Å². The molecule has 31 heavy (non-hydrogen) atoms. The first-order chi connectivity index (χ1) is 14.9. The van der Waals surface area contributed by atoms with Crippen molar-refractivity contribution < 1.29 is 18.4 Å². The van der Waals surface area contributed by atoms with Gasteiger partial charge in [-0.2, -0.15) is 5.10 Å². The Morgan fingerprint density at radius 3 is 2.77 bits per heavy atom. The highest BCUT2D eigenvalue weighted by molar-refractivity contribution is 7.14. The van der Waals surface area contributed by atoms with E-state index in [9.17, 15) is 9.18 Å². The van der Waals surface area contributed by atoms with Crippen LogP contribution in [0.3, 0.4) is 0 Å². The van der Waals surface area contributed by atoms with Crippen LogP contribution in [0.5, 0.6) is 5.75 Å². The van der Waals surface area contributed by atoms with Crippen LogP contribution in [-0.2, 0) is 13.2 Å². The molecule has 4 rings (SSSR count). The average molecular weight is 441 g/mol. The number of amides is 1. The first-order valence-corrected chi connectivity index (χ1v) is 10.5. The van der Waals surface area contributed by atoms with Crippen molar-refractivity contribution in [3.63, 3.8) is 0 Å². The summed E-state index contributed by atoms with van der Waals surface area (Å²) in [5.74, 6) is 0.140. The summed E-state index contributed by atoms with van der Waals surface area (Å²) in [4.78, 5) is 17.3. The second-order valence-corrected chi connectivity index (χ2v) is 7.64. The van der Waals surface area contributed by atoms with Crippen LogP contribution in [0.2, 0.25) is 0 Å². The largest absolute Gasteiger partial charge is 0.489 e. The number of anilines is 1. The summed E-state index contributed by atoms with van der Waals surface area (Å²) in [6.45, 7) is 6.46. The predicted octanol–water partition coefficient (Wildman–Crippen LogP) is 4.60. The zero-order valence-corrected chi connectivity index (χ0v) is 18.0. The van der Waals surface area contributed by atoms with Gasteiger partial charge in [0.25, 0.3) is 5.91 Å². The first-order valence-electron chi connectivity index (χ1n) is 9.59. The molecule has 0 radical (unpaired) electrons. The van der Waals surface area contributed by atoms with Crippen LogP contribution in [0.25, 0.3) is 11.3 Å². The molecule has 3 aromatic heterocycles. The molecule has 0 aliphatic carbocycles. The number of halogens is 1. The van der Waals surface area contributed by atoms with Gasteiger partial charge in [0.15, 0.2) is 10.8 Å². The van der Waals surface area contributed by atoms with Gasteiger partial charge in [0.05, 0.1) is 17.0 Å². The number of aryl methyl sites for hydroxylation is 3. The summed E-state index contributed by atoms with van der Waals surface area (Å²) in [5, 5.41) is 13.4. The summed E-state index contributed by atoms with van der Waals surface area (Å²) in [6.07, 6.45) is 1.93. The van der Waals surface area contributed by atoms with E-state index >= 15 is 0 Å². The van der Waals surface area contributed by atoms with Gasteiger partial charge >= 0.3 is 0 Å². The van der Waals surface area contributed by atoms with Crippen LogP contribution in [0, 0.1) is 19.7 Å². The number of hydrogen-bond donors (Lipinski definition) is 1. The molecule has 0 saturated carbocycles. The fourth-order valence-corrected chi connectivity index (χ4v) is 3.67. The van der Waals surface area contributed by atoms with E-state index in [1.165, 1.54) is 35.6 Å². The van der Waals surface area contributed by atoms with E-state index in [-0.39, 0.29) is 18.1 Å².